The Morgan fingerprint density at radius 1 is 1.00 bits per heavy atom. The fourth-order valence-corrected chi connectivity index (χ4v) is 3.25. The lowest BCUT2D eigenvalue weighted by molar-refractivity contribution is 0.0691. The number of hydrogen-bond donors (Lipinski definition) is 3. The number of aromatic carboxylic acids is 1. The molecule has 0 saturated heterocycles. The largest absolute Gasteiger partial charge is 0.478 e. The summed E-state index contributed by atoms with van der Waals surface area (Å²) in [5, 5.41) is 11.5. The van der Waals surface area contributed by atoms with Gasteiger partial charge in [-0.1, -0.05) is 0 Å². The zero-order valence-corrected chi connectivity index (χ0v) is 16.0. The van der Waals surface area contributed by atoms with Gasteiger partial charge >= 0.3 is 5.97 Å². The number of amides is 1. The Balaban J connectivity index is 2.27. The Morgan fingerprint density at radius 3 is 2.07 bits per heavy atom. The van der Waals surface area contributed by atoms with E-state index in [9.17, 15) is 26.8 Å². The summed E-state index contributed by atoms with van der Waals surface area (Å²) in [5.74, 6) is -4.62. The van der Waals surface area contributed by atoms with Crippen molar-refractivity contribution in [2.75, 3.05) is 4.72 Å². The van der Waals surface area contributed by atoms with Crippen molar-refractivity contribution < 1.29 is 31.9 Å². The van der Waals surface area contributed by atoms with Crippen LogP contribution in [0, 0.1) is 11.6 Å². The second kappa shape index (κ2) is 7.55. The maximum Gasteiger partial charge on any atom is 0.338 e. The van der Waals surface area contributed by atoms with Crippen molar-refractivity contribution in [2.45, 2.75) is 31.2 Å². The van der Waals surface area contributed by atoms with Crippen molar-refractivity contribution >= 4 is 27.6 Å². The number of nitrogens with one attached hydrogen (secondary N) is 2. The minimum absolute atomic E-state index is 0.219. The molecule has 3 N–H and O–H groups in total. The van der Waals surface area contributed by atoms with Crippen LogP contribution in [0.5, 0.6) is 0 Å². The molecular formula is C18H18F2N2O5S. The molecule has 2 aromatic carbocycles. The standard InChI is InChI=1S/C18H18F2N2O5S/c1-18(2,3)21-16(23)10-4-6-11(7-5-10)28(26,27)22-15-9-13(19)12(17(24)25)8-14(15)20/h4-9,22H,1-3H3,(H,21,23)(H,24,25). The summed E-state index contributed by atoms with van der Waals surface area (Å²) in [7, 11) is -4.30. The third kappa shape index (κ3) is 5.03. The van der Waals surface area contributed by atoms with Crippen LogP contribution in [0.3, 0.4) is 0 Å². The maximum absolute atomic E-state index is 14.0. The first-order valence-corrected chi connectivity index (χ1v) is 9.46. The highest BCUT2D eigenvalue weighted by atomic mass is 32.2. The van der Waals surface area contributed by atoms with Crippen LogP contribution in [0.1, 0.15) is 41.5 Å². The van der Waals surface area contributed by atoms with Crippen molar-refractivity contribution in [3.8, 4) is 0 Å². The van der Waals surface area contributed by atoms with Gasteiger partial charge in [0.05, 0.1) is 16.1 Å². The zero-order valence-electron chi connectivity index (χ0n) is 15.2. The van der Waals surface area contributed by atoms with E-state index in [4.69, 9.17) is 5.11 Å². The molecule has 0 radical (unpaired) electrons. The molecule has 0 atom stereocenters. The normalized spacial score (nSPS) is 11.8. The second-order valence-electron chi connectivity index (χ2n) is 6.95. The van der Waals surface area contributed by atoms with Gasteiger partial charge in [-0.2, -0.15) is 0 Å². The van der Waals surface area contributed by atoms with E-state index in [1.165, 1.54) is 12.1 Å². The van der Waals surface area contributed by atoms with Gasteiger partial charge in [0.25, 0.3) is 15.9 Å². The summed E-state index contributed by atoms with van der Waals surface area (Å²) in [6.45, 7) is 5.37. The van der Waals surface area contributed by atoms with Gasteiger partial charge in [-0.05, 0) is 51.1 Å². The Labute approximate surface area is 160 Å². The molecule has 0 aliphatic rings. The number of hydrogen-bond acceptors (Lipinski definition) is 4. The molecule has 0 saturated carbocycles. The number of anilines is 1. The third-order valence-corrected chi connectivity index (χ3v) is 4.83. The van der Waals surface area contributed by atoms with Crippen molar-refractivity contribution in [1.82, 2.24) is 5.32 Å². The van der Waals surface area contributed by atoms with Gasteiger partial charge in [0, 0.05) is 17.2 Å². The average Bonchev–Trinajstić information content (AvgIpc) is 2.56. The number of sulfonamides is 1. The Hall–Kier alpha value is -3.01. The Bertz CT molecular complexity index is 1030. The van der Waals surface area contributed by atoms with Gasteiger partial charge < -0.3 is 10.4 Å². The van der Waals surface area contributed by atoms with Gasteiger partial charge in [0.2, 0.25) is 0 Å². The molecule has 0 unspecified atom stereocenters. The molecule has 28 heavy (non-hydrogen) atoms. The average molecular weight is 412 g/mol. The fourth-order valence-electron chi connectivity index (χ4n) is 2.19. The first-order valence-electron chi connectivity index (χ1n) is 7.98. The number of rotatable bonds is 5. The van der Waals surface area contributed by atoms with Crippen molar-refractivity contribution in [3.63, 3.8) is 0 Å². The maximum atomic E-state index is 14.0. The molecule has 150 valence electrons. The molecule has 0 aromatic heterocycles. The first kappa shape index (κ1) is 21.3. The van der Waals surface area contributed by atoms with Gasteiger partial charge in [-0.3, -0.25) is 9.52 Å². The minimum atomic E-state index is -4.30. The monoisotopic (exact) mass is 412 g/mol. The summed E-state index contributed by atoms with van der Waals surface area (Å²) < 4.78 is 54.3. The zero-order chi connectivity index (χ0) is 21.3. The lowest BCUT2D eigenvalue weighted by Crippen LogP contribution is -2.40. The lowest BCUT2D eigenvalue weighted by Gasteiger charge is -2.20. The van der Waals surface area contributed by atoms with Crippen LogP contribution in [0.15, 0.2) is 41.3 Å². The van der Waals surface area contributed by atoms with E-state index in [1.54, 1.807) is 20.8 Å². The van der Waals surface area contributed by atoms with E-state index in [0.717, 1.165) is 12.1 Å². The quantitative estimate of drug-likeness (QED) is 0.699. The van der Waals surface area contributed by atoms with Crippen LogP contribution in [0.2, 0.25) is 0 Å². The molecule has 0 heterocycles. The number of carbonyl (C=O) groups is 2. The van der Waals surface area contributed by atoms with Crippen molar-refractivity contribution in [1.29, 1.82) is 0 Å². The molecule has 0 aliphatic carbocycles. The number of carboxylic acids is 1. The summed E-state index contributed by atoms with van der Waals surface area (Å²) in [6.07, 6.45) is 0. The molecule has 0 spiro atoms. The smallest absolute Gasteiger partial charge is 0.338 e. The highest BCUT2D eigenvalue weighted by Gasteiger charge is 2.21. The van der Waals surface area contributed by atoms with E-state index >= 15 is 0 Å². The molecule has 2 aromatic rings. The third-order valence-electron chi connectivity index (χ3n) is 3.45. The van der Waals surface area contributed by atoms with E-state index < -0.39 is 50.3 Å². The van der Waals surface area contributed by atoms with Crippen LogP contribution < -0.4 is 10.0 Å². The number of halogens is 2. The van der Waals surface area contributed by atoms with Gasteiger partial charge in [-0.15, -0.1) is 0 Å². The van der Waals surface area contributed by atoms with E-state index in [-0.39, 0.29) is 10.5 Å². The summed E-state index contributed by atoms with van der Waals surface area (Å²) >= 11 is 0. The number of benzene rings is 2. The molecule has 10 heteroatoms. The summed E-state index contributed by atoms with van der Waals surface area (Å²) in [4.78, 5) is 22.6. The Kier molecular flexibility index (Phi) is 5.74. The molecule has 2 rings (SSSR count). The molecule has 1 amide bonds. The van der Waals surface area contributed by atoms with Gasteiger partial charge in [0.15, 0.2) is 0 Å². The predicted molar refractivity (Wildman–Crippen MR) is 97.8 cm³/mol. The minimum Gasteiger partial charge on any atom is -0.478 e. The van der Waals surface area contributed by atoms with E-state index in [0.29, 0.717) is 12.1 Å². The van der Waals surface area contributed by atoms with Crippen LogP contribution in [0.4, 0.5) is 14.5 Å². The molecular weight excluding hydrogens is 394 g/mol. The van der Waals surface area contributed by atoms with E-state index in [1.807, 2.05) is 4.72 Å². The molecule has 0 bridgehead atoms. The molecule has 7 nitrogen and oxygen atoms in total. The number of carbonyl (C=O) groups excluding carboxylic acids is 1. The van der Waals surface area contributed by atoms with Crippen LogP contribution in [-0.4, -0.2) is 30.9 Å². The van der Waals surface area contributed by atoms with Crippen LogP contribution >= 0.6 is 0 Å². The topological polar surface area (TPSA) is 113 Å². The molecule has 0 fully saturated rings. The predicted octanol–water partition coefficient (Wildman–Crippen LogP) is 2.99. The Morgan fingerprint density at radius 2 is 1.57 bits per heavy atom. The van der Waals surface area contributed by atoms with Crippen LogP contribution in [0.25, 0.3) is 0 Å². The summed E-state index contributed by atoms with van der Waals surface area (Å²) in [6, 6.07) is 5.66. The van der Waals surface area contributed by atoms with Gasteiger partial charge in [0.1, 0.15) is 11.6 Å². The lowest BCUT2D eigenvalue weighted by atomic mass is 10.1. The van der Waals surface area contributed by atoms with Gasteiger partial charge in [-0.25, -0.2) is 22.0 Å². The van der Waals surface area contributed by atoms with E-state index in [2.05, 4.69) is 5.32 Å². The highest BCUT2D eigenvalue weighted by molar-refractivity contribution is 7.92. The second-order valence-corrected chi connectivity index (χ2v) is 8.63. The molecule has 0 aliphatic heterocycles. The van der Waals surface area contributed by atoms with Crippen molar-refractivity contribution in [2.24, 2.45) is 0 Å². The highest BCUT2D eigenvalue weighted by Crippen LogP contribution is 2.23. The summed E-state index contributed by atoms with van der Waals surface area (Å²) in [5.41, 5.74) is -1.92. The SMILES string of the molecule is CC(C)(C)NC(=O)c1ccc(S(=O)(=O)Nc2cc(F)c(C(=O)O)cc2F)cc1. The van der Waals surface area contributed by atoms with Crippen molar-refractivity contribution in [3.05, 3.63) is 59.2 Å². The van der Waals surface area contributed by atoms with Crippen LogP contribution in [-0.2, 0) is 10.0 Å². The number of carboxylic acid groups (broad SMARTS) is 1. The first-order chi connectivity index (χ1) is 12.8. The fraction of sp³-hybridized carbons (Fsp3) is 0.222.